The highest BCUT2D eigenvalue weighted by Crippen LogP contribution is 2.29. The molecular formula is C16H15ClFN3. The van der Waals surface area contributed by atoms with Crippen molar-refractivity contribution in [2.45, 2.75) is 20.0 Å². The van der Waals surface area contributed by atoms with E-state index in [1.807, 2.05) is 29.7 Å². The molecule has 2 N–H and O–H groups in total. The van der Waals surface area contributed by atoms with Crippen LogP contribution in [0.4, 0.5) is 4.39 Å². The van der Waals surface area contributed by atoms with Crippen molar-refractivity contribution in [2.24, 2.45) is 5.73 Å². The number of halogens is 2. The number of benzene rings is 2. The summed E-state index contributed by atoms with van der Waals surface area (Å²) < 4.78 is 16.1. The van der Waals surface area contributed by atoms with Crippen LogP contribution < -0.4 is 5.73 Å². The smallest absolute Gasteiger partial charge is 0.144 e. The lowest BCUT2D eigenvalue weighted by atomic mass is 10.2. The molecule has 5 heteroatoms. The molecule has 1 aromatic heterocycles. The van der Waals surface area contributed by atoms with Crippen LogP contribution in [-0.4, -0.2) is 9.55 Å². The third kappa shape index (κ3) is 2.41. The van der Waals surface area contributed by atoms with Gasteiger partial charge in [-0.15, -0.1) is 0 Å². The van der Waals surface area contributed by atoms with Gasteiger partial charge >= 0.3 is 0 Å². The molecule has 0 unspecified atom stereocenters. The molecule has 0 radical (unpaired) electrons. The summed E-state index contributed by atoms with van der Waals surface area (Å²) in [4.78, 5) is 4.57. The van der Waals surface area contributed by atoms with Crippen LogP contribution in [0.5, 0.6) is 0 Å². The molecule has 0 fully saturated rings. The molecule has 0 bridgehead atoms. The van der Waals surface area contributed by atoms with Crippen molar-refractivity contribution >= 4 is 22.6 Å². The number of imidazole rings is 1. The number of nitrogens with two attached hydrogens (primary N) is 1. The van der Waals surface area contributed by atoms with Gasteiger partial charge in [-0.2, -0.15) is 0 Å². The van der Waals surface area contributed by atoms with Gasteiger partial charge in [-0.05, 0) is 42.8 Å². The number of nitrogens with zero attached hydrogens (tertiary/aromatic N) is 2. The second-order valence-electron chi connectivity index (χ2n) is 4.83. The number of hydrogen-bond donors (Lipinski definition) is 1. The zero-order valence-electron chi connectivity index (χ0n) is 11.6. The summed E-state index contributed by atoms with van der Waals surface area (Å²) in [5.41, 5.74) is 8.85. The SMILES string of the molecule is CCn1c(-c2cc(Cl)ccc2F)nc2cc(CN)ccc21. The quantitative estimate of drug-likeness (QED) is 0.795. The normalized spacial score (nSPS) is 11.2. The Morgan fingerprint density at radius 1 is 1.24 bits per heavy atom. The molecule has 3 rings (SSSR count). The summed E-state index contributed by atoms with van der Waals surface area (Å²) in [7, 11) is 0. The maximum absolute atomic E-state index is 14.1. The van der Waals surface area contributed by atoms with E-state index in [2.05, 4.69) is 4.98 Å². The van der Waals surface area contributed by atoms with Gasteiger partial charge in [0.25, 0.3) is 0 Å². The molecule has 0 spiro atoms. The largest absolute Gasteiger partial charge is 0.326 e. The summed E-state index contributed by atoms with van der Waals surface area (Å²) in [6, 6.07) is 10.4. The van der Waals surface area contributed by atoms with Crippen molar-refractivity contribution < 1.29 is 4.39 Å². The first-order valence-corrected chi connectivity index (χ1v) is 7.16. The number of rotatable bonds is 3. The van der Waals surface area contributed by atoms with Crippen LogP contribution in [-0.2, 0) is 13.1 Å². The van der Waals surface area contributed by atoms with Gasteiger partial charge in [0, 0.05) is 18.1 Å². The van der Waals surface area contributed by atoms with E-state index in [-0.39, 0.29) is 5.82 Å². The Hall–Kier alpha value is -1.91. The number of aromatic nitrogens is 2. The fourth-order valence-electron chi connectivity index (χ4n) is 2.50. The van der Waals surface area contributed by atoms with Crippen LogP contribution in [0.2, 0.25) is 5.02 Å². The Labute approximate surface area is 127 Å². The van der Waals surface area contributed by atoms with Crippen molar-refractivity contribution in [1.82, 2.24) is 9.55 Å². The predicted octanol–water partition coefficient (Wildman–Crippen LogP) is 3.97. The highest BCUT2D eigenvalue weighted by molar-refractivity contribution is 6.30. The van der Waals surface area contributed by atoms with Gasteiger partial charge in [-0.25, -0.2) is 9.37 Å². The number of hydrogen-bond acceptors (Lipinski definition) is 2. The molecule has 0 saturated carbocycles. The van der Waals surface area contributed by atoms with Gasteiger partial charge in [-0.3, -0.25) is 0 Å². The third-order valence-electron chi connectivity index (χ3n) is 3.53. The van der Waals surface area contributed by atoms with Crippen molar-refractivity contribution in [2.75, 3.05) is 0 Å². The van der Waals surface area contributed by atoms with E-state index in [1.54, 1.807) is 6.07 Å². The molecule has 0 saturated heterocycles. The molecule has 0 aliphatic heterocycles. The summed E-state index contributed by atoms with van der Waals surface area (Å²) in [5, 5.41) is 0.490. The monoisotopic (exact) mass is 303 g/mol. The Balaban J connectivity index is 2.29. The van der Waals surface area contributed by atoms with Crippen molar-refractivity contribution in [1.29, 1.82) is 0 Å². The van der Waals surface area contributed by atoms with Crippen LogP contribution in [0, 0.1) is 5.82 Å². The minimum atomic E-state index is -0.330. The van der Waals surface area contributed by atoms with Gasteiger partial charge in [0.2, 0.25) is 0 Å². The van der Waals surface area contributed by atoms with Crippen molar-refractivity contribution in [3.8, 4) is 11.4 Å². The lowest BCUT2D eigenvalue weighted by Crippen LogP contribution is -1.99. The number of aryl methyl sites for hydroxylation is 1. The Kier molecular flexibility index (Phi) is 3.66. The second-order valence-corrected chi connectivity index (χ2v) is 5.27. The van der Waals surface area contributed by atoms with Gasteiger partial charge in [0.05, 0.1) is 16.6 Å². The van der Waals surface area contributed by atoms with E-state index >= 15 is 0 Å². The highest BCUT2D eigenvalue weighted by Gasteiger charge is 2.15. The van der Waals surface area contributed by atoms with Crippen LogP contribution in [0.1, 0.15) is 12.5 Å². The fraction of sp³-hybridized carbons (Fsp3) is 0.188. The molecule has 0 aliphatic carbocycles. The molecule has 1 heterocycles. The maximum atomic E-state index is 14.1. The first-order chi connectivity index (χ1) is 10.1. The summed E-state index contributed by atoms with van der Waals surface area (Å²) in [5.74, 6) is 0.255. The average Bonchev–Trinajstić information content (AvgIpc) is 2.86. The van der Waals surface area contributed by atoms with Gasteiger partial charge < -0.3 is 10.3 Å². The molecule has 3 aromatic rings. The Morgan fingerprint density at radius 2 is 2.05 bits per heavy atom. The second kappa shape index (κ2) is 5.47. The molecule has 0 aliphatic rings. The maximum Gasteiger partial charge on any atom is 0.144 e. The molecule has 21 heavy (non-hydrogen) atoms. The van der Waals surface area contributed by atoms with E-state index in [4.69, 9.17) is 17.3 Å². The number of fused-ring (bicyclic) bond motifs is 1. The average molecular weight is 304 g/mol. The standard InChI is InChI=1S/C16H15ClFN3/c1-2-21-15-6-3-10(9-19)7-14(15)20-16(21)12-8-11(17)4-5-13(12)18/h3-8H,2,9,19H2,1H3. The van der Waals surface area contributed by atoms with Crippen LogP contribution in [0.3, 0.4) is 0 Å². The van der Waals surface area contributed by atoms with E-state index in [0.717, 1.165) is 16.6 Å². The Bertz CT molecular complexity index is 811. The Morgan fingerprint density at radius 3 is 2.76 bits per heavy atom. The molecule has 3 nitrogen and oxygen atoms in total. The first kappa shape index (κ1) is 14.0. The molecule has 0 atom stereocenters. The minimum absolute atomic E-state index is 0.330. The van der Waals surface area contributed by atoms with E-state index < -0.39 is 0 Å². The molecule has 0 amide bonds. The minimum Gasteiger partial charge on any atom is -0.326 e. The van der Waals surface area contributed by atoms with Gasteiger partial charge in [-0.1, -0.05) is 17.7 Å². The zero-order chi connectivity index (χ0) is 15.0. The van der Waals surface area contributed by atoms with Crippen LogP contribution in [0.15, 0.2) is 36.4 Å². The molecule has 2 aromatic carbocycles. The zero-order valence-corrected chi connectivity index (χ0v) is 12.4. The summed E-state index contributed by atoms with van der Waals surface area (Å²) in [6.45, 7) is 3.15. The van der Waals surface area contributed by atoms with E-state index in [1.165, 1.54) is 12.1 Å². The van der Waals surface area contributed by atoms with E-state index in [0.29, 0.717) is 29.5 Å². The van der Waals surface area contributed by atoms with E-state index in [9.17, 15) is 4.39 Å². The summed E-state index contributed by atoms with van der Waals surface area (Å²) >= 11 is 5.99. The lowest BCUT2D eigenvalue weighted by Gasteiger charge is -2.07. The van der Waals surface area contributed by atoms with Crippen molar-refractivity contribution in [3.63, 3.8) is 0 Å². The molecular weight excluding hydrogens is 289 g/mol. The third-order valence-corrected chi connectivity index (χ3v) is 3.77. The molecule has 108 valence electrons. The first-order valence-electron chi connectivity index (χ1n) is 6.78. The predicted molar refractivity (Wildman–Crippen MR) is 83.7 cm³/mol. The van der Waals surface area contributed by atoms with Crippen molar-refractivity contribution in [3.05, 3.63) is 52.8 Å². The van der Waals surface area contributed by atoms with Crippen LogP contribution in [0.25, 0.3) is 22.4 Å². The lowest BCUT2D eigenvalue weighted by molar-refractivity contribution is 0.628. The van der Waals surface area contributed by atoms with Crippen LogP contribution >= 0.6 is 11.6 Å². The highest BCUT2D eigenvalue weighted by atomic mass is 35.5. The van der Waals surface area contributed by atoms with Gasteiger partial charge in [0.15, 0.2) is 0 Å². The van der Waals surface area contributed by atoms with Gasteiger partial charge in [0.1, 0.15) is 11.6 Å². The fourth-order valence-corrected chi connectivity index (χ4v) is 2.67. The topological polar surface area (TPSA) is 43.8 Å². The summed E-state index contributed by atoms with van der Waals surface area (Å²) in [6.07, 6.45) is 0.